The largest absolute Gasteiger partial charge is 0.508 e. The Bertz CT molecular complexity index is 632. The molecule has 0 saturated heterocycles. The molecule has 0 unspecified atom stereocenters. The fraction of sp³-hybridized carbons (Fsp3) is 0.0833. The lowest BCUT2D eigenvalue weighted by Crippen LogP contribution is -2.06. The van der Waals surface area contributed by atoms with Crippen LogP contribution in [0.5, 0.6) is 5.75 Å². The minimum absolute atomic E-state index is 0.0758. The van der Waals surface area contributed by atoms with Crippen LogP contribution >= 0.6 is 0 Å². The second kappa shape index (κ2) is 3.18. The van der Waals surface area contributed by atoms with Crippen molar-refractivity contribution >= 4 is 10.9 Å². The summed E-state index contributed by atoms with van der Waals surface area (Å²) < 4.78 is 1.53. The van der Waals surface area contributed by atoms with Crippen LogP contribution in [0.1, 0.15) is 5.56 Å². The van der Waals surface area contributed by atoms with Gasteiger partial charge in [0, 0.05) is 18.3 Å². The third-order valence-electron chi connectivity index (χ3n) is 2.31. The molecule has 74 valence electrons. The summed E-state index contributed by atoms with van der Waals surface area (Å²) in [5.74, 6) is 0.0758. The normalized spacial score (nSPS) is 10.1. The topological polar surface area (TPSA) is 42.2 Å². The van der Waals surface area contributed by atoms with Crippen LogP contribution in [0.4, 0.5) is 0 Å². The van der Waals surface area contributed by atoms with Gasteiger partial charge in [-0.15, -0.1) is 0 Å². The first-order valence-electron chi connectivity index (χ1n) is 4.45. The molecule has 0 radical (unpaired) electrons. The van der Waals surface area contributed by atoms with Crippen molar-refractivity contribution in [2.24, 2.45) is 0 Å². The van der Waals surface area contributed by atoms with Gasteiger partial charge in [0.2, 0.25) is 0 Å². The van der Waals surface area contributed by atoms with Crippen molar-refractivity contribution in [3.05, 3.63) is 40.2 Å². The SMILES string of the molecule is C#Cn1ccc(=O)c2cc(O)cc(C)c21. The van der Waals surface area contributed by atoms with E-state index in [4.69, 9.17) is 6.42 Å². The highest BCUT2D eigenvalue weighted by molar-refractivity contribution is 5.84. The van der Waals surface area contributed by atoms with E-state index in [9.17, 15) is 9.90 Å². The zero-order chi connectivity index (χ0) is 11.0. The van der Waals surface area contributed by atoms with Crippen LogP contribution in [0.2, 0.25) is 0 Å². The van der Waals surface area contributed by atoms with Crippen molar-refractivity contribution in [2.45, 2.75) is 6.92 Å². The Morgan fingerprint density at radius 3 is 2.87 bits per heavy atom. The maximum atomic E-state index is 11.6. The number of aromatic hydroxyl groups is 1. The van der Waals surface area contributed by atoms with Crippen LogP contribution in [0.3, 0.4) is 0 Å². The summed E-state index contributed by atoms with van der Waals surface area (Å²) in [6, 6.07) is 6.85. The van der Waals surface area contributed by atoms with Gasteiger partial charge in [0.1, 0.15) is 5.75 Å². The Hall–Kier alpha value is -2.21. The number of hydrogen-bond acceptors (Lipinski definition) is 2. The molecular formula is C12H9NO2. The highest BCUT2D eigenvalue weighted by atomic mass is 16.3. The second-order valence-electron chi connectivity index (χ2n) is 3.34. The van der Waals surface area contributed by atoms with Crippen molar-refractivity contribution in [3.8, 4) is 18.2 Å². The molecule has 0 fully saturated rings. The average Bonchev–Trinajstić information content (AvgIpc) is 2.19. The molecule has 1 aromatic carbocycles. The van der Waals surface area contributed by atoms with E-state index < -0.39 is 0 Å². The summed E-state index contributed by atoms with van der Waals surface area (Å²) in [6.45, 7) is 1.80. The van der Waals surface area contributed by atoms with Gasteiger partial charge in [-0.05, 0) is 24.6 Å². The van der Waals surface area contributed by atoms with Crippen molar-refractivity contribution < 1.29 is 5.11 Å². The van der Waals surface area contributed by atoms with Gasteiger partial charge >= 0.3 is 0 Å². The number of phenols is 1. The highest BCUT2D eigenvalue weighted by Crippen LogP contribution is 2.21. The molecule has 0 aliphatic carbocycles. The maximum Gasteiger partial charge on any atom is 0.189 e. The number of nitrogens with zero attached hydrogens (tertiary/aromatic N) is 1. The number of benzene rings is 1. The van der Waals surface area contributed by atoms with Gasteiger partial charge in [-0.2, -0.15) is 0 Å². The summed E-state index contributed by atoms with van der Waals surface area (Å²) in [5.41, 5.74) is 1.30. The molecular weight excluding hydrogens is 190 g/mol. The number of fused-ring (bicyclic) bond motifs is 1. The minimum atomic E-state index is -0.143. The number of phenolic OH excluding ortho intramolecular Hbond substituents is 1. The van der Waals surface area contributed by atoms with Gasteiger partial charge in [0.15, 0.2) is 5.43 Å². The number of aromatic nitrogens is 1. The summed E-state index contributed by atoms with van der Waals surface area (Å²) in [7, 11) is 0. The predicted molar refractivity (Wildman–Crippen MR) is 58.8 cm³/mol. The molecule has 15 heavy (non-hydrogen) atoms. The molecule has 0 aliphatic rings. The molecule has 0 amide bonds. The standard InChI is InChI=1S/C12H9NO2/c1-3-13-5-4-11(15)10-7-9(14)6-8(2)12(10)13/h1,4-7,14H,2H3. The van der Waals surface area contributed by atoms with Gasteiger partial charge in [-0.25, -0.2) is 0 Å². The smallest absolute Gasteiger partial charge is 0.189 e. The van der Waals surface area contributed by atoms with Crippen LogP contribution in [0, 0.1) is 19.4 Å². The van der Waals surface area contributed by atoms with Crippen LogP contribution in [0.25, 0.3) is 10.9 Å². The first-order chi connectivity index (χ1) is 7.13. The molecule has 0 bridgehead atoms. The van der Waals surface area contributed by atoms with E-state index in [-0.39, 0.29) is 11.2 Å². The van der Waals surface area contributed by atoms with E-state index in [1.54, 1.807) is 19.2 Å². The number of aryl methyl sites for hydroxylation is 1. The minimum Gasteiger partial charge on any atom is -0.508 e. The average molecular weight is 199 g/mol. The fourth-order valence-electron chi connectivity index (χ4n) is 1.68. The molecule has 3 nitrogen and oxygen atoms in total. The van der Waals surface area contributed by atoms with Crippen LogP contribution < -0.4 is 5.43 Å². The Morgan fingerprint density at radius 2 is 2.20 bits per heavy atom. The number of terminal acetylenes is 1. The van der Waals surface area contributed by atoms with Crippen molar-refractivity contribution in [1.29, 1.82) is 0 Å². The Labute approximate surface area is 86.6 Å². The first-order valence-corrected chi connectivity index (χ1v) is 4.45. The van der Waals surface area contributed by atoms with Gasteiger partial charge < -0.3 is 5.11 Å². The molecule has 3 heteroatoms. The molecule has 2 aromatic rings. The summed E-state index contributed by atoms with van der Waals surface area (Å²) in [6.07, 6.45) is 6.87. The molecule has 2 rings (SSSR count). The van der Waals surface area contributed by atoms with Crippen molar-refractivity contribution in [2.75, 3.05) is 0 Å². The van der Waals surface area contributed by atoms with Crippen LogP contribution in [0.15, 0.2) is 29.2 Å². The monoisotopic (exact) mass is 199 g/mol. The second-order valence-corrected chi connectivity index (χ2v) is 3.34. The first kappa shape index (κ1) is 9.35. The fourth-order valence-corrected chi connectivity index (χ4v) is 1.68. The van der Waals surface area contributed by atoms with Crippen molar-refractivity contribution in [3.63, 3.8) is 0 Å². The lowest BCUT2D eigenvalue weighted by Gasteiger charge is -2.06. The zero-order valence-corrected chi connectivity index (χ0v) is 8.19. The Balaban J connectivity index is 3.09. The number of rotatable bonds is 0. The van der Waals surface area contributed by atoms with E-state index in [2.05, 4.69) is 6.04 Å². The third-order valence-corrected chi connectivity index (χ3v) is 2.31. The molecule has 1 heterocycles. The quantitative estimate of drug-likeness (QED) is 0.652. The molecule has 1 aromatic heterocycles. The van der Waals surface area contributed by atoms with Gasteiger partial charge in [-0.1, -0.05) is 6.42 Å². The van der Waals surface area contributed by atoms with E-state index in [1.165, 1.54) is 16.7 Å². The number of hydrogen-bond donors (Lipinski definition) is 1. The van der Waals surface area contributed by atoms with Gasteiger partial charge in [0.25, 0.3) is 0 Å². The summed E-state index contributed by atoms with van der Waals surface area (Å²) in [5, 5.41) is 9.84. The summed E-state index contributed by atoms with van der Waals surface area (Å²) in [4.78, 5) is 11.6. The molecule has 0 aliphatic heterocycles. The third kappa shape index (κ3) is 1.36. The zero-order valence-electron chi connectivity index (χ0n) is 8.19. The predicted octanol–water partition coefficient (Wildman–Crippen LogP) is 1.45. The van der Waals surface area contributed by atoms with Gasteiger partial charge in [0.05, 0.1) is 10.9 Å². The van der Waals surface area contributed by atoms with E-state index in [1.807, 2.05) is 0 Å². The highest BCUT2D eigenvalue weighted by Gasteiger charge is 2.06. The van der Waals surface area contributed by atoms with Gasteiger partial charge in [-0.3, -0.25) is 9.36 Å². The Morgan fingerprint density at radius 1 is 1.47 bits per heavy atom. The maximum absolute atomic E-state index is 11.6. The number of pyridine rings is 1. The lowest BCUT2D eigenvalue weighted by molar-refractivity contribution is 0.475. The molecule has 0 saturated carbocycles. The van der Waals surface area contributed by atoms with Crippen molar-refractivity contribution in [1.82, 2.24) is 4.57 Å². The lowest BCUT2D eigenvalue weighted by atomic mass is 10.1. The van der Waals surface area contributed by atoms with Crippen LogP contribution in [-0.2, 0) is 0 Å². The van der Waals surface area contributed by atoms with E-state index in [0.717, 1.165) is 5.56 Å². The van der Waals surface area contributed by atoms with Crippen LogP contribution in [-0.4, -0.2) is 9.67 Å². The Kier molecular flexibility index (Phi) is 1.98. The molecule has 0 spiro atoms. The molecule has 1 N–H and O–H groups in total. The molecule has 0 atom stereocenters. The van der Waals surface area contributed by atoms with E-state index in [0.29, 0.717) is 10.9 Å². The van der Waals surface area contributed by atoms with E-state index >= 15 is 0 Å². The summed E-state index contributed by atoms with van der Waals surface area (Å²) >= 11 is 0.